The smallest absolute Gasteiger partial charge is 0.343 e. The van der Waals surface area contributed by atoms with Gasteiger partial charge in [-0.3, -0.25) is 4.79 Å². The minimum absolute atomic E-state index is 0.0377. The molecule has 0 N–H and O–H groups in total. The standard InChI is InChI=1S/C26H24O5/c1-15-13-16(2)22-19(14-15)21(27)24(23(30-22)20-7-6-12-29-20)31-25(28)17-8-10-18(11-9-17)26(3,4)5/h6-14H,1-5H3. The first-order valence-corrected chi connectivity index (χ1v) is 10.1. The Morgan fingerprint density at radius 3 is 2.32 bits per heavy atom. The lowest BCUT2D eigenvalue weighted by Gasteiger charge is -2.19. The zero-order valence-corrected chi connectivity index (χ0v) is 18.2. The number of benzene rings is 2. The number of carbonyl (C=O) groups is 1. The summed E-state index contributed by atoms with van der Waals surface area (Å²) in [6.45, 7) is 10.1. The predicted octanol–water partition coefficient (Wildman–Crippen LogP) is 6.19. The lowest BCUT2D eigenvalue weighted by Crippen LogP contribution is -2.17. The summed E-state index contributed by atoms with van der Waals surface area (Å²) >= 11 is 0. The van der Waals surface area contributed by atoms with Gasteiger partial charge in [-0.2, -0.15) is 0 Å². The molecule has 2 aromatic carbocycles. The van der Waals surface area contributed by atoms with Crippen LogP contribution in [0.5, 0.6) is 5.75 Å². The Morgan fingerprint density at radius 1 is 1.00 bits per heavy atom. The molecule has 2 aromatic heterocycles. The number of esters is 1. The van der Waals surface area contributed by atoms with Crippen molar-refractivity contribution in [1.29, 1.82) is 0 Å². The van der Waals surface area contributed by atoms with Crippen molar-refractivity contribution in [2.75, 3.05) is 0 Å². The lowest BCUT2D eigenvalue weighted by atomic mass is 9.87. The van der Waals surface area contributed by atoms with Crippen molar-refractivity contribution in [2.45, 2.75) is 40.0 Å². The summed E-state index contributed by atoms with van der Waals surface area (Å²) in [6.07, 6.45) is 1.47. The lowest BCUT2D eigenvalue weighted by molar-refractivity contribution is 0.0731. The largest absolute Gasteiger partial charge is 0.461 e. The van der Waals surface area contributed by atoms with Gasteiger partial charge in [0.2, 0.25) is 16.9 Å². The van der Waals surface area contributed by atoms with Crippen LogP contribution in [0.3, 0.4) is 0 Å². The number of hydrogen-bond acceptors (Lipinski definition) is 5. The zero-order chi connectivity index (χ0) is 22.3. The van der Waals surface area contributed by atoms with Gasteiger partial charge in [-0.25, -0.2) is 4.79 Å². The second-order valence-corrected chi connectivity index (χ2v) is 8.74. The number of furan rings is 1. The Labute approximate surface area is 180 Å². The second kappa shape index (κ2) is 7.58. The van der Waals surface area contributed by atoms with Gasteiger partial charge < -0.3 is 13.6 Å². The molecule has 0 aliphatic rings. The summed E-state index contributed by atoms with van der Waals surface area (Å²) in [5.41, 5.74) is 3.16. The van der Waals surface area contributed by atoms with E-state index in [9.17, 15) is 9.59 Å². The molecule has 2 heterocycles. The molecule has 0 radical (unpaired) electrons. The fourth-order valence-electron chi connectivity index (χ4n) is 3.55. The maximum absolute atomic E-state index is 13.3. The third-order valence-corrected chi connectivity index (χ3v) is 5.21. The molecule has 158 valence electrons. The third kappa shape index (κ3) is 3.91. The highest BCUT2D eigenvalue weighted by Gasteiger charge is 2.24. The Morgan fingerprint density at radius 2 is 1.71 bits per heavy atom. The number of ether oxygens (including phenoxy) is 1. The van der Waals surface area contributed by atoms with Gasteiger partial charge in [-0.15, -0.1) is 0 Å². The van der Waals surface area contributed by atoms with Crippen LogP contribution in [0.4, 0.5) is 0 Å². The van der Waals surface area contributed by atoms with Gasteiger partial charge in [0.15, 0.2) is 5.76 Å². The number of hydrogen-bond donors (Lipinski definition) is 0. The van der Waals surface area contributed by atoms with Crippen LogP contribution >= 0.6 is 0 Å². The third-order valence-electron chi connectivity index (χ3n) is 5.21. The average Bonchev–Trinajstić information content (AvgIpc) is 3.24. The summed E-state index contributed by atoms with van der Waals surface area (Å²) in [6, 6.07) is 14.2. The molecule has 0 spiro atoms. The van der Waals surface area contributed by atoms with E-state index in [0.717, 1.165) is 16.7 Å². The van der Waals surface area contributed by atoms with E-state index in [2.05, 4.69) is 20.8 Å². The molecule has 0 saturated heterocycles. The Hall–Kier alpha value is -3.60. The fourth-order valence-corrected chi connectivity index (χ4v) is 3.55. The summed E-state index contributed by atoms with van der Waals surface area (Å²) in [7, 11) is 0. The van der Waals surface area contributed by atoms with Crippen LogP contribution in [-0.4, -0.2) is 5.97 Å². The minimum atomic E-state index is -0.635. The SMILES string of the molecule is Cc1cc(C)c2oc(-c3ccco3)c(OC(=O)c3ccc(C(C)(C)C)cc3)c(=O)c2c1. The molecule has 0 aliphatic heterocycles. The molecule has 0 unspecified atom stereocenters. The van der Waals surface area contributed by atoms with E-state index in [1.807, 2.05) is 32.0 Å². The van der Waals surface area contributed by atoms with E-state index in [0.29, 0.717) is 22.3 Å². The quantitative estimate of drug-likeness (QED) is 0.373. The van der Waals surface area contributed by atoms with Crippen LogP contribution in [0.15, 0.2) is 68.4 Å². The maximum atomic E-state index is 13.3. The summed E-state index contributed by atoms with van der Waals surface area (Å²) < 4.78 is 17.1. The molecule has 4 rings (SSSR count). The highest BCUT2D eigenvalue weighted by molar-refractivity contribution is 5.93. The van der Waals surface area contributed by atoms with Crippen LogP contribution in [-0.2, 0) is 5.41 Å². The second-order valence-electron chi connectivity index (χ2n) is 8.74. The van der Waals surface area contributed by atoms with Crippen LogP contribution in [0, 0.1) is 13.8 Å². The van der Waals surface area contributed by atoms with Crippen LogP contribution in [0.2, 0.25) is 0 Å². The number of fused-ring (bicyclic) bond motifs is 1. The molecule has 0 bridgehead atoms. The highest BCUT2D eigenvalue weighted by Crippen LogP contribution is 2.33. The Bertz CT molecular complexity index is 1320. The predicted molar refractivity (Wildman–Crippen MR) is 120 cm³/mol. The number of aryl methyl sites for hydroxylation is 2. The van der Waals surface area contributed by atoms with Crippen molar-refractivity contribution in [2.24, 2.45) is 0 Å². The Kier molecular flexibility index (Phi) is 5.05. The van der Waals surface area contributed by atoms with Gasteiger partial charge in [0.1, 0.15) is 5.58 Å². The first-order valence-electron chi connectivity index (χ1n) is 10.1. The fraction of sp³-hybridized carbons (Fsp3) is 0.231. The van der Waals surface area contributed by atoms with Crippen molar-refractivity contribution in [1.82, 2.24) is 0 Å². The zero-order valence-electron chi connectivity index (χ0n) is 18.2. The minimum Gasteiger partial charge on any atom is -0.461 e. The summed E-state index contributed by atoms with van der Waals surface area (Å²) in [4.78, 5) is 26.2. The van der Waals surface area contributed by atoms with Gasteiger partial charge in [0.05, 0.1) is 17.2 Å². The van der Waals surface area contributed by atoms with E-state index in [1.54, 1.807) is 30.3 Å². The Balaban J connectivity index is 1.82. The number of rotatable bonds is 3. The van der Waals surface area contributed by atoms with Crippen LogP contribution in [0.25, 0.3) is 22.5 Å². The molecular weight excluding hydrogens is 392 g/mol. The van der Waals surface area contributed by atoms with Gasteiger partial charge in [-0.05, 0) is 66.3 Å². The van der Waals surface area contributed by atoms with Crippen LogP contribution in [0.1, 0.15) is 47.8 Å². The van der Waals surface area contributed by atoms with Gasteiger partial charge in [0.25, 0.3) is 0 Å². The highest BCUT2D eigenvalue weighted by atomic mass is 16.5. The maximum Gasteiger partial charge on any atom is 0.343 e. The average molecular weight is 416 g/mol. The monoisotopic (exact) mass is 416 g/mol. The van der Waals surface area contributed by atoms with E-state index < -0.39 is 11.4 Å². The normalized spacial score (nSPS) is 11.6. The van der Waals surface area contributed by atoms with Crippen molar-refractivity contribution < 1.29 is 18.4 Å². The van der Waals surface area contributed by atoms with Gasteiger partial charge in [-0.1, -0.05) is 39.0 Å². The summed E-state index contributed by atoms with van der Waals surface area (Å²) in [5, 5.41) is 0.360. The van der Waals surface area contributed by atoms with E-state index >= 15 is 0 Å². The van der Waals surface area contributed by atoms with E-state index in [4.69, 9.17) is 13.6 Å². The molecule has 0 aliphatic carbocycles. The van der Waals surface area contributed by atoms with Gasteiger partial charge in [0, 0.05) is 0 Å². The molecule has 0 atom stereocenters. The van der Waals surface area contributed by atoms with Crippen LogP contribution < -0.4 is 10.2 Å². The first-order chi connectivity index (χ1) is 14.6. The topological polar surface area (TPSA) is 69.7 Å². The van der Waals surface area contributed by atoms with E-state index in [-0.39, 0.29) is 16.9 Å². The molecular formula is C26H24O5. The molecule has 5 heteroatoms. The molecule has 5 nitrogen and oxygen atoms in total. The van der Waals surface area contributed by atoms with Crippen molar-refractivity contribution in [3.8, 4) is 17.3 Å². The molecule has 0 fully saturated rings. The molecule has 0 amide bonds. The van der Waals surface area contributed by atoms with Crippen molar-refractivity contribution in [3.63, 3.8) is 0 Å². The molecule has 0 saturated carbocycles. The van der Waals surface area contributed by atoms with Crippen molar-refractivity contribution in [3.05, 3.63) is 87.3 Å². The molecule has 31 heavy (non-hydrogen) atoms. The first kappa shape index (κ1) is 20.7. The molecule has 4 aromatic rings. The number of carbonyl (C=O) groups excluding carboxylic acids is 1. The summed E-state index contributed by atoms with van der Waals surface area (Å²) in [5.74, 6) is -0.416. The van der Waals surface area contributed by atoms with E-state index in [1.165, 1.54) is 6.26 Å². The van der Waals surface area contributed by atoms with Gasteiger partial charge >= 0.3 is 5.97 Å². The van der Waals surface area contributed by atoms with Crippen molar-refractivity contribution >= 4 is 16.9 Å².